The highest BCUT2D eigenvalue weighted by Gasteiger charge is 2.66. The van der Waals surface area contributed by atoms with E-state index < -0.39 is 76.4 Å². The molecule has 7 rings (SSSR count). The zero-order valence-electron chi connectivity index (χ0n) is 35.9. The summed E-state index contributed by atoms with van der Waals surface area (Å²) >= 11 is 0. The van der Waals surface area contributed by atoms with Gasteiger partial charge in [0.05, 0.1) is 52.9 Å². The number of halogens is 6. The van der Waals surface area contributed by atoms with Crippen LogP contribution in [0.3, 0.4) is 0 Å². The van der Waals surface area contributed by atoms with E-state index in [1.807, 2.05) is 6.92 Å². The third kappa shape index (κ3) is 8.15. The Labute approximate surface area is 346 Å². The lowest BCUT2D eigenvalue weighted by Crippen LogP contribution is -2.63. The number of carbonyl (C=O) groups is 1. The van der Waals surface area contributed by atoms with Crippen molar-refractivity contribution in [2.75, 3.05) is 44.9 Å². The van der Waals surface area contributed by atoms with E-state index in [0.717, 1.165) is 12.1 Å². The molecule has 1 aliphatic carbocycles. The minimum absolute atomic E-state index is 0.0143. The predicted octanol–water partition coefficient (Wildman–Crippen LogP) is 9.11. The summed E-state index contributed by atoms with van der Waals surface area (Å²) in [6.45, 7) is 17.0. The number of hydrogen-bond donors (Lipinski definition) is 1. The largest absolute Gasteiger partial charge is 0.463 e. The number of H-pyrrole nitrogens is 1. The van der Waals surface area contributed by atoms with Gasteiger partial charge in [0, 0.05) is 45.3 Å². The number of rotatable bonds is 12. The van der Waals surface area contributed by atoms with E-state index in [-0.39, 0.29) is 79.2 Å². The molecule has 4 aromatic rings. The van der Waals surface area contributed by atoms with Gasteiger partial charge in [-0.15, -0.1) is 0 Å². The highest BCUT2D eigenvalue weighted by molar-refractivity contribution is 6.76. The van der Waals surface area contributed by atoms with E-state index in [4.69, 9.17) is 18.9 Å². The van der Waals surface area contributed by atoms with Crippen LogP contribution in [0.2, 0.25) is 25.7 Å². The highest BCUT2D eigenvalue weighted by atomic mass is 28.3. The third-order valence-electron chi connectivity index (χ3n) is 12.2. The molecule has 4 atom stereocenters. The number of nitrogens with one attached hydrogen (secondary N) is 1. The van der Waals surface area contributed by atoms with Crippen molar-refractivity contribution in [2.24, 2.45) is 5.41 Å². The number of aryl methyl sites for hydroxylation is 1. The summed E-state index contributed by atoms with van der Waals surface area (Å²) in [4.78, 5) is 26.0. The maximum atomic E-state index is 17.5. The van der Waals surface area contributed by atoms with Crippen LogP contribution in [0.15, 0.2) is 18.3 Å². The Morgan fingerprint density at radius 2 is 1.77 bits per heavy atom. The van der Waals surface area contributed by atoms with Crippen LogP contribution in [0, 0.1) is 24.0 Å². The standard InChI is InChI=1S/C42H54F6N6O5Si/c1-24-15-29-27(17-49-53(29)23-57-13-14-60(8,9)10)30(32(24)42(46,47)48)31-28(43)16-26-34(33(31)44)50-36(58-22-41(21-56-7)19-40(41,6)45)51-35(26)52-18-25-11-12-39(5,20-52)54(25)37(55)59-38(2,3)4/h15-17,25H,11-14,18-23H2,1-10H3/p+1/t25?,39-,40?,41?/m0/s1. The van der Waals surface area contributed by atoms with E-state index in [1.165, 1.54) is 37.9 Å². The molecule has 18 heteroatoms. The SMILES string of the molecule is COCC1(COc2nc(N3CC4CC[C@@](C)(C3)N4C(=O)OC(C)(C)C)c3cc(F)c(-c4c(C(F)(F)F)c(C)cc5c4c[nH][n+]5COCC[Si](C)(C)C)c(F)c3n2)CC1(C)F. The Balaban J connectivity index is 1.37. The molecule has 2 bridgehead atoms. The van der Waals surface area contributed by atoms with Crippen LogP contribution in [0.25, 0.3) is 32.9 Å². The normalized spacial score (nSPS) is 24.5. The second-order valence-electron chi connectivity index (χ2n) is 19.5. The number of carbonyl (C=O) groups excluding carboxylic acids is 1. The number of aromatic amines is 1. The lowest BCUT2D eigenvalue weighted by atomic mass is 9.90. The Hall–Kier alpha value is -4.16. The van der Waals surface area contributed by atoms with Crippen LogP contribution >= 0.6 is 0 Å². The van der Waals surface area contributed by atoms with Gasteiger partial charge in [0.25, 0.3) is 6.73 Å². The molecule has 2 aliphatic heterocycles. The summed E-state index contributed by atoms with van der Waals surface area (Å²) in [6, 6.07) is 2.40. The molecule has 328 valence electrons. The first-order valence-electron chi connectivity index (χ1n) is 20.3. The van der Waals surface area contributed by atoms with E-state index in [1.54, 1.807) is 30.6 Å². The van der Waals surface area contributed by atoms with Crippen LogP contribution in [0.1, 0.15) is 65.0 Å². The molecule has 2 aromatic heterocycles. The van der Waals surface area contributed by atoms with Crippen molar-refractivity contribution in [3.63, 3.8) is 0 Å². The van der Waals surface area contributed by atoms with Gasteiger partial charge in [0.15, 0.2) is 5.82 Å². The van der Waals surface area contributed by atoms with Gasteiger partial charge in [-0.3, -0.25) is 4.90 Å². The smallest absolute Gasteiger partial charge is 0.417 e. The average molecular weight is 866 g/mol. The summed E-state index contributed by atoms with van der Waals surface area (Å²) in [5.74, 6) is -2.56. The number of benzene rings is 2. The summed E-state index contributed by atoms with van der Waals surface area (Å²) in [5, 5.41) is 2.73. The first-order chi connectivity index (χ1) is 27.8. The number of anilines is 1. The molecular formula is C42H55F6N6O5Si+. The van der Waals surface area contributed by atoms with Crippen molar-refractivity contribution in [1.29, 1.82) is 0 Å². The number of hydrogen-bond acceptors (Lipinski definition) is 8. The first kappa shape index (κ1) is 43.9. The number of piperazine rings is 1. The molecule has 1 N–H and O–H groups in total. The minimum atomic E-state index is -5.01. The maximum Gasteiger partial charge on any atom is 0.417 e. The molecule has 3 unspecified atom stereocenters. The Bertz CT molecular complexity index is 2330. The summed E-state index contributed by atoms with van der Waals surface area (Å²) in [6.07, 6.45) is -2.88. The number of methoxy groups -OCH3 is 1. The van der Waals surface area contributed by atoms with Gasteiger partial charge in [-0.1, -0.05) is 24.3 Å². The molecule has 3 aliphatic rings. The van der Waals surface area contributed by atoms with Crippen molar-refractivity contribution < 1.29 is 54.8 Å². The highest BCUT2D eigenvalue weighted by Crippen LogP contribution is 2.59. The summed E-state index contributed by atoms with van der Waals surface area (Å²) in [7, 11) is -0.00803. The molecule has 2 aromatic carbocycles. The van der Waals surface area contributed by atoms with Crippen molar-refractivity contribution in [2.45, 2.75) is 122 Å². The number of alkyl halides is 4. The van der Waals surface area contributed by atoms with Crippen LogP contribution in [-0.2, 0) is 27.1 Å². The fourth-order valence-corrected chi connectivity index (χ4v) is 9.70. The van der Waals surface area contributed by atoms with Gasteiger partial charge in [-0.2, -0.15) is 28.2 Å². The van der Waals surface area contributed by atoms with Crippen LogP contribution in [0.4, 0.5) is 37.0 Å². The van der Waals surface area contributed by atoms with E-state index in [9.17, 15) is 4.79 Å². The third-order valence-corrected chi connectivity index (χ3v) is 13.9. The molecule has 60 heavy (non-hydrogen) atoms. The molecule has 4 heterocycles. The Morgan fingerprint density at radius 1 is 1.07 bits per heavy atom. The van der Waals surface area contributed by atoms with Gasteiger partial charge >= 0.3 is 18.3 Å². The second-order valence-corrected chi connectivity index (χ2v) is 25.1. The van der Waals surface area contributed by atoms with Crippen molar-refractivity contribution in [3.05, 3.63) is 41.1 Å². The van der Waals surface area contributed by atoms with Gasteiger partial charge < -0.3 is 23.8 Å². The van der Waals surface area contributed by atoms with Gasteiger partial charge in [-0.25, -0.2) is 18.0 Å². The molecule has 2 saturated heterocycles. The molecule has 1 saturated carbocycles. The van der Waals surface area contributed by atoms with Gasteiger partial charge in [-0.05, 0) is 78.5 Å². The maximum absolute atomic E-state index is 17.5. The quantitative estimate of drug-likeness (QED) is 0.0651. The fraction of sp³-hybridized carbons (Fsp3) is 0.619. The van der Waals surface area contributed by atoms with Crippen LogP contribution in [0.5, 0.6) is 6.01 Å². The number of nitrogens with zero attached hydrogens (tertiary/aromatic N) is 5. The van der Waals surface area contributed by atoms with Crippen molar-refractivity contribution >= 4 is 41.8 Å². The molecule has 0 spiro atoms. The van der Waals surface area contributed by atoms with Gasteiger partial charge in [0.2, 0.25) is 5.52 Å². The number of fused-ring (bicyclic) bond motifs is 4. The second kappa shape index (κ2) is 15.0. The molecule has 0 radical (unpaired) electrons. The predicted molar refractivity (Wildman–Crippen MR) is 216 cm³/mol. The van der Waals surface area contributed by atoms with E-state index in [0.29, 0.717) is 19.4 Å². The van der Waals surface area contributed by atoms with Crippen LogP contribution in [-0.4, -0.2) is 97.0 Å². The first-order valence-corrected chi connectivity index (χ1v) is 24.0. The minimum Gasteiger partial charge on any atom is -0.463 e. The monoisotopic (exact) mass is 865 g/mol. The van der Waals surface area contributed by atoms with Crippen LogP contribution < -0.4 is 14.3 Å². The molecule has 3 fully saturated rings. The Kier molecular flexibility index (Phi) is 11.0. The fourth-order valence-electron chi connectivity index (χ4n) is 8.94. The Morgan fingerprint density at radius 3 is 2.37 bits per heavy atom. The number of ether oxygens (including phenoxy) is 4. The number of amides is 1. The van der Waals surface area contributed by atoms with E-state index in [2.05, 4.69) is 34.7 Å². The van der Waals surface area contributed by atoms with Crippen molar-refractivity contribution in [1.82, 2.24) is 20.0 Å². The number of aromatic nitrogens is 4. The lowest BCUT2D eigenvalue weighted by molar-refractivity contribution is -0.759. The summed E-state index contributed by atoms with van der Waals surface area (Å²) < 4.78 is 119. The van der Waals surface area contributed by atoms with E-state index >= 15 is 26.3 Å². The topological polar surface area (TPSA) is 106 Å². The molecular weight excluding hydrogens is 811 g/mol. The average Bonchev–Trinajstić information content (AvgIpc) is 3.32. The molecule has 1 amide bonds. The molecule has 11 nitrogen and oxygen atoms in total. The van der Waals surface area contributed by atoms with Gasteiger partial charge in [0.1, 0.15) is 35.0 Å². The lowest BCUT2D eigenvalue weighted by Gasteiger charge is -2.47. The zero-order chi connectivity index (χ0) is 44.0. The zero-order valence-corrected chi connectivity index (χ0v) is 36.9. The summed E-state index contributed by atoms with van der Waals surface area (Å²) in [5.41, 5.74) is -7.52. The van der Waals surface area contributed by atoms with Crippen molar-refractivity contribution in [3.8, 4) is 17.1 Å².